The van der Waals surface area contributed by atoms with Crippen LogP contribution in [0.25, 0.3) is 0 Å². The number of hydrogen-bond acceptors (Lipinski definition) is 5. The minimum Gasteiger partial charge on any atom is -0.393 e. The zero-order valence-electron chi connectivity index (χ0n) is 13.2. The summed E-state index contributed by atoms with van der Waals surface area (Å²) in [6, 6.07) is 6.53. The maximum atomic E-state index is 12.3. The Labute approximate surface area is 136 Å². The van der Waals surface area contributed by atoms with Gasteiger partial charge in [0.15, 0.2) is 9.84 Å². The highest BCUT2D eigenvalue weighted by Crippen LogP contribution is 2.21. The molecule has 0 aliphatic carbocycles. The van der Waals surface area contributed by atoms with Gasteiger partial charge in [-0.3, -0.25) is 4.79 Å². The molecule has 1 fully saturated rings. The van der Waals surface area contributed by atoms with Crippen molar-refractivity contribution in [2.75, 3.05) is 25.4 Å². The highest BCUT2D eigenvalue weighted by Gasteiger charge is 2.34. The molecule has 2 rings (SSSR count). The van der Waals surface area contributed by atoms with Crippen LogP contribution >= 0.6 is 0 Å². The smallest absolute Gasteiger partial charge is 0.223 e. The van der Waals surface area contributed by atoms with Gasteiger partial charge in [-0.15, -0.1) is 0 Å². The van der Waals surface area contributed by atoms with Crippen LogP contribution in [0.1, 0.15) is 24.8 Å². The monoisotopic (exact) mass is 341 g/mol. The lowest BCUT2D eigenvalue weighted by Gasteiger charge is -2.38. The van der Waals surface area contributed by atoms with Crippen molar-refractivity contribution in [3.63, 3.8) is 0 Å². The van der Waals surface area contributed by atoms with Crippen LogP contribution in [0.15, 0.2) is 29.2 Å². The molecule has 2 N–H and O–H groups in total. The molecule has 1 saturated heterocycles. The van der Waals surface area contributed by atoms with Crippen LogP contribution in [-0.4, -0.2) is 60.5 Å². The summed E-state index contributed by atoms with van der Waals surface area (Å²) in [6.07, 6.45) is 0.903. The Morgan fingerprint density at radius 2 is 1.96 bits per heavy atom. The molecule has 0 aromatic heterocycles. The summed E-state index contributed by atoms with van der Waals surface area (Å²) in [5, 5.41) is 19.3. The van der Waals surface area contributed by atoms with Gasteiger partial charge < -0.3 is 15.1 Å². The number of amides is 1. The molecule has 1 aliphatic heterocycles. The van der Waals surface area contributed by atoms with E-state index in [9.17, 15) is 23.4 Å². The Morgan fingerprint density at radius 3 is 2.57 bits per heavy atom. The number of sulfone groups is 1. The number of aliphatic hydroxyl groups is 2. The zero-order valence-corrected chi connectivity index (χ0v) is 14.1. The highest BCUT2D eigenvalue weighted by molar-refractivity contribution is 7.91. The van der Waals surface area contributed by atoms with Crippen molar-refractivity contribution in [1.29, 1.82) is 0 Å². The van der Waals surface area contributed by atoms with Gasteiger partial charge >= 0.3 is 0 Å². The molecule has 1 aliphatic rings. The van der Waals surface area contributed by atoms with E-state index in [1.807, 2.05) is 6.92 Å². The predicted molar refractivity (Wildman–Crippen MR) is 85.7 cm³/mol. The van der Waals surface area contributed by atoms with E-state index in [1.54, 1.807) is 24.3 Å². The average molecular weight is 341 g/mol. The Morgan fingerprint density at radius 1 is 1.30 bits per heavy atom. The van der Waals surface area contributed by atoms with Gasteiger partial charge in [-0.1, -0.05) is 17.7 Å². The van der Waals surface area contributed by atoms with E-state index < -0.39 is 22.0 Å². The third-order valence-electron chi connectivity index (χ3n) is 4.17. The summed E-state index contributed by atoms with van der Waals surface area (Å²) in [4.78, 5) is 13.8. The van der Waals surface area contributed by atoms with Gasteiger partial charge in [0, 0.05) is 13.0 Å². The van der Waals surface area contributed by atoms with E-state index >= 15 is 0 Å². The molecular weight excluding hydrogens is 318 g/mol. The van der Waals surface area contributed by atoms with Crippen LogP contribution in [0, 0.1) is 6.92 Å². The van der Waals surface area contributed by atoms with E-state index in [0.717, 1.165) is 5.56 Å². The standard InChI is InChI=1S/C16H23NO5S/c1-13-3-5-14(6-4-13)23(21,22)10-7-15(19)17-9-2-8-16(20,11-17)12-18/h3-6,18,20H,2,7-12H2,1H3. The number of aliphatic hydroxyl groups excluding tert-OH is 1. The number of β-amino-alcohol motifs (C(OH)–C–C–N with tert-alkyl or cyclic N) is 1. The number of rotatable bonds is 5. The minimum atomic E-state index is -3.50. The molecule has 1 amide bonds. The number of likely N-dealkylation sites (tertiary alicyclic amines) is 1. The molecule has 1 unspecified atom stereocenters. The number of benzene rings is 1. The quantitative estimate of drug-likeness (QED) is 0.813. The number of hydrogen-bond donors (Lipinski definition) is 2. The molecule has 0 bridgehead atoms. The van der Waals surface area contributed by atoms with E-state index in [0.29, 0.717) is 19.4 Å². The lowest BCUT2D eigenvalue weighted by atomic mass is 9.93. The third-order valence-corrected chi connectivity index (χ3v) is 5.90. The van der Waals surface area contributed by atoms with Gasteiger partial charge in [0.2, 0.25) is 5.91 Å². The first-order valence-electron chi connectivity index (χ1n) is 7.66. The summed E-state index contributed by atoms with van der Waals surface area (Å²) in [6.45, 7) is 2.00. The molecule has 0 saturated carbocycles. The van der Waals surface area contributed by atoms with Crippen LogP contribution in [0.4, 0.5) is 0 Å². The van der Waals surface area contributed by atoms with Crippen molar-refractivity contribution in [3.05, 3.63) is 29.8 Å². The SMILES string of the molecule is Cc1ccc(S(=O)(=O)CCC(=O)N2CCCC(O)(CO)C2)cc1. The van der Waals surface area contributed by atoms with Crippen molar-refractivity contribution >= 4 is 15.7 Å². The predicted octanol–water partition coefficient (Wildman–Crippen LogP) is 0.505. The molecule has 23 heavy (non-hydrogen) atoms. The molecule has 0 spiro atoms. The van der Waals surface area contributed by atoms with E-state index in [1.165, 1.54) is 4.90 Å². The summed E-state index contributed by atoms with van der Waals surface area (Å²) >= 11 is 0. The summed E-state index contributed by atoms with van der Waals surface area (Å²) in [5.41, 5.74) is -0.305. The van der Waals surface area contributed by atoms with Crippen LogP contribution in [-0.2, 0) is 14.6 Å². The van der Waals surface area contributed by atoms with Gasteiger partial charge in [0.1, 0.15) is 5.60 Å². The third kappa shape index (κ3) is 4.53. The van der Waals surface area contributed by atoms with Gasteiger partial charge in [-0.05, 0) is 31.9 Å². The fourth-order valence-corrected chi connectivity index (χ4v) is 3.93. The van der Waals surface area contributed by atoms with Crippen molar-refractivity contribution in [1.82, 2.24) is 4.90 Å². The summed E-state index contributed by atoms with van der Waals surface area (Å²) < 4.78 is 24.5. The Balaban J connectivity index is 1.97. The fourth-order valence-electron chi connectivity index (χ4n) is 2.70. The second-order valence-corrected chi connectivity index (χ2v) is 8.29. The summed E-state index contributed by atoms with van der Waals surface area (Å²) in [7, 11) is -3.50. The Hall–Kier alpha value is -1.44. The average Bonchev–Trinajstić information content (AvgIpc) is 2.53. The van der Waals surface area contributed by atoms with Gasteiger partial charge in [0.05, 0.1) is 23.8 Å². The number of nitrogens with zero attached hydrogens (tertiary/aromatic N) is 1. The minimum absolute atomic E-state index is 0.0485. The van der Waals surface area contributed by atoms with E-state index in [2.05, 4.69) is 0 Å². The molecule has 6 nitrogen and oxygen atoms in total. The lowest BCUT2D eigenvalue weighted by Crippen LogP contribution is -2.52. The maximum absolute atomic E-state index is 12.3. The molecule has 128 valence electrons. The molecule has 1 aromatic carbocycles. The van der Waals surface area contributed by atoms with Crippen molar-refractivity contribution in [3.8, 4) is 0 Å². The molecule has 1 aromatic rings. The first-order chi connectivity index (χ1) is 10.8. The highest BCUT2D eigenvalue weighted by atomic mass is 32.2. The topological polar surface area (TPSA) is 94.9 Å². The first-order valence-corrected chi connectivity index (χ1v) is 9.31. The van der Waals surface area contributed by atoms with Crippen LogP contribution in [0.2, 0.25) is 0 Å². The molecule has 1 heterocycles. The summed E-state index contributed by atoms with van der Waals surface area (Å²) in [5.74, 6) is -0.574. The van der Waals surface area contributed by atoms with Crippen molar-refractivity contribution < 1.29 is 23.4 Å². The van der Waals surface area contributed by atoms with Crippen LogP contribution in [0.3, 0.4) is 0 Å². The molecular formula is C16H23NO5S. The normalized spacial score (nSPS) is 22.1. The first kappa shape index (κ1) is 17.9. The van der Waals surface area contributed by atoms with Gasteiger partial charge in [-0.25, -0.2) is 8.42 Å². The number of carbonyl (C=O) groups is 1. The second-order valence-electron chi connectivity index (χ2n) is 6.18. The number of carbonyl (C=O) groups excluding carboxylic acids is 1. The van der Waals surface area contributed by atoms with E-state index in [-0.39, 0.29) is 29.5 Å². The van der Waals surface area contributed by atoms with Gasteiger partial charge in [0.25, 0.3) is 0 Å². The molecule has 0 radical (unpaired) electrons. The largest absolute Gasteiger partial charge is 0.393 e. The number of piperidine rings is 1. The Kier molecular flexibility index (Phi) is 5.44. The van der Waals surface area contributed by atoms with Crippen molar-refractivity contribution in [2.45, 2.75) is 36.7 Å². The Bertz CT molecular complexity index is 656. The fraction of sp³-hybridized carbons (Fsp3) is 0.562. The van der Waals surface area contributed by atoms with E-state index in [4.69, 9.17) is 0 Å². The van der Waals surface area contributed by atoms with Crippen LogP contribution in [0.5, 0.6) is 0 Å². The maximum Gasteiger partial charge on any atom is 0.223 e. The molecule has 1 atom stereocenters. The lowest BCUT2D eigenvalue weighted by molar-refractivity contribution is -0.140. The second kappa shape index (κ2) is 6.98. The van der Waals surface area contributed by atoms with Crippen LogP contribution < -0.4 is 0 Å². The zero-order chi connectivity index (χ0) is 17.1. The molecule has 7 heteroatoms. The van der Waals surface area contributed by atoms with Crippen molar-refractivity contribution in [2.24, 2.45) is 0 Å². The number of aryl methyl sites for hydroxylation is 1. The van der Waals surface area contributed by atoms with Gasteiger partial charge in [-0.2, -0.15) is 0 Å².